The van der Waals surface area contributed by atoms with Crippen LogP contribution in [0.5, 0.6) is 11.6 Å². The average Bonchev–Trinajstić information content (AvgIpc) is 3.62. The second-order valence-electron chi connectivity index (χ2n) is 14.3. The first-order chi connectivity index (χ1) is 22.6. The normalized spacial score (nSPS) is 27.8. The Bertz CT molecular complexity index is 1460. The van der Waals surface area contributed by atoms with Crippen LogP contribution in [0.25, 0.3) is 10.9 Å². The topological polar surface area (TPSA) is 140 Å². The Labute approximate surface area is 276 Å². The molecule has 47 heavy (non-hydrogen) atoms. The third kappa shape index (κ3) is 7.92. The quantitative estimate of drug-likeness (QED) is 0.487. The van der Waals surface area contributed by atoms with Crippen molar-refractivity contribution >= 4 is 28.9 Å². The van der Waals surface area contributed by atoms with Crippen LogP contribution in [-0.2, 0) is 25.5 Å². The number of para-hydroxylation sites is 1. The number of carboxylic acids is 1. The van der Waals surface area contributed by atoms with E-state index < -0.39 is 41.6 Å². The molecule has 2 saturated heterocycles. The van der Waals surface area contributed by atoms with Gasteiger partial charge >= 0.3 is 12.1 Å². The summed E-state index contributed by atoms with van der Waals surface area (Å²) in [5.74, 6) is -0.115. The number of morpholine rings is 1. The number of fused-ring (bicyclic) bond motifs is 5. The number of alkyl carbamates (subject to hydrolysis) is 1. The van der Waals surface area contributed by atoms with Gasteiger partial charge in [0.05, 0.1) is 30.8 Å². The van der Waals surface area contributed by atoms with E-state index >= 15 is 0 Å². The van der Waals surface area contributed by atoms with Gasteiger partial charge in [0.15, 0.2) is 0 Å². The number of ether oxygens (including phenoxy) is 4. The lowest BCUT2D eigenvalue weighted by molar-refractivity contribution is -0.150. The number of aromatic nitrogens is 1. The van der Waals surface area contributed by atoms with Crippen LogP contribution < -0.4 is 14.8 Å². The van der Waals surface area contributed by atoms with E-state index in [1.54, 1.807) is 0 Å². The third-order valence-corrected chi connectivity index (χ3v) is 9.76. The number of nitrogens with one attached hydrogen (secondary N) is 1. The zero-order valence-corrected chi connectivity index (χ0v) is 27.7. The van der Waals surface area contributed by atoms with E-state index in [2.05, 4.69) is 10.2 Å². The number of carbonyl (C=O) groups excluding carboxylic acids is 2. The molecule has 2 bridgehead atoms. The van der Waals surface area contributed by atoms with Crippen molar-refractivity contribution in [2.24, 2.45) is 11.3 Å². The molecule has 2 N–H and O–H groups in total. The Morgan fingerprint density at radius 2 is 1.87 bits per heavy atom. The highest BCUT2D eigenvalue weighted by Crippen LogP contribution is 2.40. The predicted molar refractivity (Wildman–Crippen MR) is 174 cm³/mol. The van der Waals surface area contributed by atoms with Gasteiger partial charge in [0.1, 0.15) is 36.6 Å². The van der Waals surface area contributed by atoms with Crippen molar-refractivity contribution < 1.29 is 38.4 Å². The standard InChI is InChI=1S/C35H48N4O8/c1-35(2,3)30-32(40)39-21-23(20-27(39)33(41)42)46-31-25(11-6-4-5-9-22-19-28(22)47-34(43)37-30)29(24-10-7-8-12-26(24)36-31)45-18-15-38-13-16-44-17-14-38/h7-8,10,12,22-23,27-28,30H,4-6,9,11,13-21H2,1-3H3,(H,37,43)(H,41,42)/t22-,23-,27+,28-,30-/m1/s1. The lowest BCUT2D eigenvalue weighted by atomic mass is 9.85. The Hall–Kier alpha value is -3.64. The van der Waals surface area contributed by atoms with E-state index in [1.807, 2.05) is 45.0 Å². The maximum Gasteiger partial charge on any atom is 0.408 e. The summed E-state index contributed by atoms with van der Waals surface area (Å²) in [6, 6.07) is 5.75. The highest BCUT2D eigenvalue weighted by atomic mass is 16.6. The van der Waals surface area contributed by atoms with Gasteiger partial charge in [-0.3, -0.25) is 9.69 Å². The van der Waals surface area contributed by atoms with Crippen LogP contribution >= 0.6 is 0 Å². The molecule has 5 atom stereocenters. The summed E-state index contributed by atoms with van der Waals surface area (Å²) < 4.78 is 24.4. The van der Waals surface area contributed by atoms with Gasteiger partial charge < -0.3 is 34.3 Å². The number of hydrogen-bond donors (Lipinski definition) is 2. The van der Waals surface area contributed by atoms with Gasteiger partial charge in [-0.25, -0.2) is 14.6 Å². The van der Waals surface area contributed by atoms with Gasteiger partial charge in [0.2, 0.25) is 11.8 Å². The van der Waals surface area contributed by atoms with E-state index in [1.165, 1.54) is 4.90 Å². The fourth-order valence-electron chi connectivity index (χ4n) is 6.96. The van der Waals surface area contributed by atoms with Gasteiger partial charge in [-0.1, -0.05) is 45.7 Å². The van der Waals surface area contributed by atoms with E-state index in [0.717, 1.165) is 87.2 Å². The largest absolute Gasteiger partial charge is 0.491 e. The van der Waals surface area contributed by atoms with E-state index in [-0.39, 0.29) is 19.1 Å². The molecular weight excluding hydrogens is 604 g/mol. The first-order valence-corrected chi connectivity index (χ1v) is 17.1. The molecule has 0 unspecified atom stereocenters. The summed E-state index contributed by atoms with van der Waals surface area (Å²) in [4.78, 5) is 48.0. The van der Waals surface area contributed by atoms with Crippen LogP contribution in [0.1, 0.15) is 64.9 Å². The minimum atomic E-state index is -1.12. The molecule has 2 aromatic rings. The zero-order valence-electron chi connectivity index (χ0n) is 27.7. The molecule has 0 spiro atoms. The molecule has 12 nitrogen and oxygen atoms in total. The van der Waals surface area contributed by atoms with Crippen molar-refractivity contribution in [1.29, 1.82) is 0 Å². The van der Waals surface area contributed by atoms with Crippen molar-refractivity contribution in [2.45, 2.75) is 90.0 Å². The number of pyridine rings is 1. The molecule has 1 aliphatic carbocycles. The van der Waals surface area contributed by atoms with Gasteiger partial charge in [0.25, 0.3) is 0 Å². The summed E-state index contributed by atoms with van der Waals surface area (Å²) in [5.41, 5.74) is 0.907. The summed E-state index contributed by atoms with van der Waals surface area (Å²) >= 11 is 0. The van der Waals surface area contributed by atoms with Crippen LogP contribution in [0.15, 0.2) is 24.3 Å². The smallest absolute Gasteiger partial charge is 0.408 e. The summed E-state index contributed by atoms with van der Waals surface area (Å²) in [6.45, 7) is 10.0. The number of aliphatic carboxylic acids is 1. The highest BCUT2D eigenvalue weighted by molar-refractivity contribution is 5.91. The maximum absolute atomic E-state index is 14.0. The van der Waals surface area contributed by atoms with Gasteiger partial charge in [-0.15, -0.1) is 0 Å². The molecule has 6 rings (SSSR count). The summed E-state index contributed by atoms with van der Waals surface area (Å²) in [7, 11) is 0. The van der Waals surface area contributed by atoms with Gasteiger partial charge in [-0.05, 0) is 49.1 Å². The van der Waals surface area contributed by atoms with E-state index in [4.69, 9.17) is 23.9 Å². The minimum absolute atomic E-state index is 0.0466. The summed E-state index contributed by atoms with van der Waals surface area (Å²) in [6.07, 6.45) is 3.97. The third-order valence-electron chi connectivity index (χ3n) is 9.76. The lowest BCUT2D eigenvalue weighted by Crippen LogP contribution is -2.57. The summed E-state index contributed by atoms with van der Waals surface area (Å²) in [5, 5.41) is 13.9. The monoisotopic (exact) mass is 652 g/mol. The van der Waals surface area contributed by atoms with Gasteiger partial charge in [-0.2, -0.15) is 0 Å². The molecule has 0 radical (unpaired) electrons. The Morgan fingerprint density at radius 1 is 1.09 bits per heavy atom. The average molecular weight is 653 g/mol. The van der Waals surface area contributed by atoms with Crippen LogP contribution in [0.2, 0.25) is 0 Å². The molecule has 1 saturated carbocycles. The van der Waals surface area contributed by atoms with Crippen LogP contribution in [-0.4, -0.2) is 108 Å². The van der Waals surface area contributed by atoms with Crippen LogP contribution in [0, 0.1) is 11.3 Å². The van der Waals surface area contributed by atoms with Crippen molar-refractivity contribution in [3.8, 4) is 11.6 Å². The van der Waals surface area contributed by atoms with Crippen LogP contribution in [0.4, 0.5) is 4.79 Å². The molecule has 12 heteroatoms. The van der Waals surface area contributed by atoms with Crippen molar-refractivity contribution in [2.75, 3.05) is 46.0 Å². The molecule has 1 aromatic carbocycles. The Kier molecular flexibility index (Phi) is 10.1. The first kappa shape index (κ1) is 33.3. The van der Waals surface area contributed by atoms with E-state index in [0.29, 0.717) is 24.8 Å². The van der Waals surface area contributed by atoms with Crippen molar-refractivity contribution in [1.82, 2.24) is 20.1 Å². The number of carbonyl (C=O) groups is 3. The fraction of sp³-hybridized carbons (Fsp3) is 0.657. The number of rotatable bonds is 5. The number of nitrogens with zero attached hydrogens (tertiary/aromatic N) is 3. The molecule has 1 aromatic heterocycles. The molecule has 2 amide bonds. The van der Waals surface area contributed by atoms with Crippen molar-refractivity contribution in [3.05, 3.63) is 29.8 Å². The number of hydrogen-bond acceptors (Lipinski definition) is 9. The number of benzene rings is 1. The highest BCUT2D eigenvalue weighted by Gasteiger charge is 2.47. The Balaban J connectivity index is 1.32. The second-order valence-corrected chi connectivity index (χ2v) is 14.3. The molecule has 4 heterocycles. The minimum Gasteiger partial charge on any atom is -0.491 e. The van der Waals surface area contributed by atoms with E-state index in [9.17, 15) is 19.5 Å². The number of amides is 2. The molecule has 256 valence electrons. The fourth-order valence-corrected chi connectivity index (χ4v) is 6.96. The zero-order chi connectivity index (χ0) is 33.1. The second kappa shape index (κ2) is 14.2. The lowest BCUT2D eigenvalue weighted by Gasteiger charge is -2.34. The predicted octanol–water partition coefficient (Wildman–Crippen LogP) is 4.02. The van der Waals surface area contributed by atoms with Crippen molar-refractivity contribution in [3.63, 3.8) is 0 Å². The SMILES string of the molecule is CC(C)(C)[C@@H]1NC(=O)O[C@@H]2C[C@H]2CCCCCc2c(nc3ccccc3c2OCCN2CCOCC2)O[C@@H]2C[C@@H](C(=O)O)N(C2)C1=O. The molecule has 3 fully saturated rings. The maximum atomic E-state index is 14.0. The molecule has 4 aliphatic rings. The molecule has 3 aliphatic heterocycles. The molecular formula is C35H48N4O8. The van der Waals surface area contributed by atoms with Gasteiger partial charge in [0, 0.05) is 31.4 Å². The first-order valence-electron chi connectivity index (χ1n) is 17.1. The van der Waals surface area contributed by atoms with Crippen LogP contribution in [0.3, 0.4) is 0 Å². The number of carboxylic acid groups (broad SMARTS) is 1. The Morgan fingerprint density at radius 3 is 2.64 bits per heavy atom.